The summed E-state index contributed by atoms with van der Waals surface area (Å²) in [4.78, 5) is 21.5. The normalized spacial score (nSPS) is 10.2. The fourth-order valence-corrected chi connectivity index (χ4v) is 1.78. The van der Waals surface area contributed by atoms with Gasteiger partial charge >= 0.3 is 0 Å². The molecule has 6 nitrogen and oxygen atoms in total. The van der Waals surface area contributed by atoms with Crippen LogP contribution in [-0.4, -0.2) is 36.3 Å². The molecule has 0 amide bonds. The van der Waals surface area contributed by atoms with Crippen LogP contribution in [0, 0.1) is 0 Å². The molecule has 0 unspecified atom stereocenters. The van der Waals surface area contributed by atoms with E-state index >= 15 is 0 Å². The topological polar surface area (TPSA) is 120 Å². The van der Waals surface area contributed by atoms with Crippen LogP contribution < -0.4 is 0 Å². The fraction of sp³-hybridized carbons (Fsp3) is 0.875. The van der Waals surface area contributed by atoms with Crippen LogP contribution in [0.3, 0.4) is 0 Å². The molecule has 0 saturated heterocycles. The van der Waals surface area contributed by atoms with E-state index in [0.717, 1.165) is 57.7 Å². The molecule has 23 heavy (non-hydrogen) atoms. The van der Waals surface area contributed by atoms with E-state index in [2.05, 4.69) is 6.92 Å². The first kappa shape index (κ1) is 27.1. The van der Waals surface area contributed by atoms with Crippen molar-refractivity contribution in [1.82, 2.24) is 0 Å². The summed E-state index contributed by atoms with van der Waals surface area (Å²) in [5.41, 5.74) is 0. The molecule has 0 aliphatic heterocycles. The zero-order valence-corrected chi connectivity index (χ0v) is 15.4. The summed E-state index contributed by atoms with van der Waals surface area (Å²) in [6.45, 7) is 3.53. The monoisotopic (exact) mass is 354 g/mol. The van der Waals surface area contributed by atoms with Crippen LogP contribution in [0.15, 0.2) is 0 Å². The van der Waals surface area contributed by atoms with E-state index in [0.29, 0.717) is 12.2 Å². The Balaban J connectivity index is -0.000000487. The number of aldehydes is 1. The lowest BCUT2D eigenvalue weighted by atomic mass is 10.0. The first-order chi connectivity index (χ1) is 10.4. The number of carbonyl (C=O) groups excluding carboxylic acids is 2. The van der Waals surface area contributed by atoms with Crippen LogP contribution in [-0.2, 0) is 19.7 Å². The summed E-state index contributed by atoms with van der Waals surface area (Å²) < 4.78 is 26.9. The largest absolute Gasteiger partial charge is 0.412 e. The molecule has 7 heteroatoms. The number of Topliss-reactive ketones (excluding diaryl/α,β-unsaturated/α-hetero) is 1. The van der Waals surface area contributed by atoms with Gasteiger partial charge in [0.05, 0.1) is 5.75 Å². The van der Waals surface area contributed by atoms with Crippen molar-refractivity contribution in [2.75, 3.05) is 5.75 Å². The molecule has 140 valence electrons. The second kappa shape index (κ2) is 19.3. The Kier molecular flexibility index (Phi) is 22.7. The number of rotatable bonds is 13. The zero-order valence-electron chi connectivity index (χ0n) is 14.6. The standard InChI is InChI=1S/C14H26O2.C2H6O3S.H2O/c1-2-3-8-11-14(16)12-9-6-4-5-7-10-13-15;1-2-6(3,4)5;/h13H,2-12H2,1H3;2H2,1H3,(H,3,4,5);1H2. The molecular weight excluding hydrogens is 320 g/mol. The van der Waals surface area contributed by atoms with E-state index in [1.807, 2.05) is 0 Å². The second-order valence-electron chi connectivity index (χ2n) is 5.34. The highest BCUT2D eigenvalue weighted by molar-refractivity contribution is 7.85. The Morgan fingerprint density at radius 2 is 1.35 bits per heavy atom. The summed E-state index contributed by atoms with van der Waals surface area (Å²) >= 11 is 0. The molecule has 0 bridgehead atoms. The predicted molar refractivity (Wildman–Crippen MR) is 93.2 cm³/mol. The van der Waals surface area contributed by atoms with E-state index in [-0.39, 0.29) is 11.2 Å². The van der Waals surface area contributed by atoms with Crippen molar-refractivity contribution in [2.45, 2.75) is 84.5 Å². The minimum atomic E-state index is -3.66. The van der Waals surface area contributed by atoms with Crippen LogP contribution >= 0.6 is 0 Å². The Hall–Kier alpha value is -0.790. The van der Waals surface area contributed by atoms with Crippen molar-refractivity contribution in [3.05, 3.63) is 0 Å². The smallest absolute Gasteiger partial charge is 0.264 e. The quantitative estimate of drug-likeness (QED) is 0.309. The van der Waals surface area contributed by atoms with Crippen molar-refractivity contribution in [2.24, 2.45) is 0 Å². The van der Waals surface area contributed by atoms with Gasteiger partial charge in [-0.15, -0.1) is 0 Å². The van der Waals surface area contributed by atoms with E-state index in [4.69, 9.17) is 4.55 Å². The third-order valence-electron chi connectivity index (χ3n) is 3.20. The SMILES string of the molecule is CCCCCC(=O)CCCCCCCC=O.CCS(=O)(=O)O.O. The van der Waals surface area contributed by atoms with Gasteiger partial charge in [0.25, 0.3) is 10.1 Å². The van der Waals surface area contributed by atoms with Crippen molar-refractivity contribution in [3.63, 3.8) is 0 Å². The maximum Gasteiger partial charge on any atom is 0.264 e. The van der Waals surface area contributed by atoms with Gasteiger partial charge in [-0.1, -0.05) is 39.0 Å². The van der Waals surface area contributed by atoms with Crippen molar-refractivity contribution in [3.8, 4) is 0 Å². The summed E-state index contributed by atoms with van der Waals surface area (Å²) in [7, 11) is -3.66. The van der Waals surface area contributed by atoms with Crippen LogP contribution in [0.4, 0.5) is 0 Å². The molecule has 0 radical (unpaired) electrons. The van der Waals surface area contributed by atoms with Crippen molar-refractivity contribution < 1.29 is 28.0 Å². The van der Waals surface area contributed by atoms with Crippen molar-refractivity contribution >= 4 is 22.2 Å². The predicted octanol–water partition coefficient (Wildman–Crippen LogP) is 3.13. The van der Waals surface area contributed by atoms with Crippen molar-refractivity contribution in [1.29, 1.82) is 0 Å². The van der Waals surface area contributed by atoms with E-state index < -0.39 is 10.1 Å². The highest BCUT2D eigenvalue weighted by atomic mass is 32.2. The minimum absolute atomic E-state index is 0. The number of unbranched alkanes of at least 4 members (excludes halogenated alkanes) is 7. The van der Waals surface area contributed by atoms with Gasteiger partial charge < -0.3 is 10.3 Å². The molecule has 0 aliphatic rings. The third kappa shape index (κ3) is 29.8. The molecular formula is C16H34O6S. The Morgan fingerprint density at radius 1 is 0.913 bits per heavy atom. The summed E-state index contributed by atoms with van der Waals surface area (Å²) in [6.07, 6.45) is 12.1. The first-order valence-corrected chi connectivity index (χ1v) is 9.88. The fourth-order valence-electron chi connectivity index (χ4n) is 1.78. The lowest BCUT2D eigenvalue weighted by Crippen LogP contribution is -1.97. The Labute approximate surface area is 141 Å². The molecule has 0 spiro atoms. The summed E-state index contributed by atoms with van der Waals surface area (Å²) in [6, 6.07) is 0. The Bertz CT molecular complexity index is 365. The lowest BCUT2D eigenvalue weighted by molar-refractivity contribution is -0.119. The molecule has 0 aromatic carbocycles. The summed E-state index contributed by atoms with van der Waals surface area (Å²) in [5.74, 6) is 0.230. The molecule has 0 rings (SSSR count). The van der Waals surface area contributed by atoms with Gasteiger partial charge in [0.15, 0.2) is 0 Å². The Morgan fingerprint density at radius 3 is 1.78 bits per heavy atom. The van der Waals surface area contributed by atoms with Gasteiger partial charge in [0, 0.05) is 19.3 Å². The second-order valence-corrected chi connectivity index (χ2v) is 7.08. The van der Waals surface area contributed by atoms with Gasteiger partial charge in [-0.25, -0.2) is 0 Å². The van der Waals surface area contributed by atoms with Gasteiger partial charge in [-0.3, -0.25) is 9.35 Å². The maximum absolute atomic E-state index is 11.4. The van der Waals surface area contributed by atoms with Crippen LogP contribution in [0.5, 0.6) is 0 Å². The van der Waals surface area contributed by atoms with E-state index in [1.165, 1.54) is 19.8 Å². The van der Waals surface area contributed by atoms with Gasteiger partial charge in [0.2, 0.25) is 0 Å². The zero-order chi connectivity index (χ0) is 17.3. The molecule has 0 saturated carbocycles. The highest BCUT2D eigenvalue weighted by Gasteiger charge is 2.01. The average molecular weight is 355 g/mol. The van der Waals surface area contributed by atoms with Crippen LogP contribution in [0.25, 0.3) is 0 Å². The third-order valence-corrected chi connectivity index (χ3v) is 3.93. The van der Waals surface area contributed by atoms with Gasteiger partial charge in [-0.2, -0.15) is 8.42 Å². The van der Waals surface area contributed by atoms with Gasteiger partial charge in [0.1, 0.15) is 12.1 Å². The number of hydrogen-bond donors (Lipinski definition) is 1. The van der Waals surface area contributed by atoms with Gasteiger partial charge in [-0.05, 0) is 26.2 Å². The number of ketones is 1. The molecule has 0 heterocycles. The van der Waals surface area contributed by atoms with Crippen LogP contribution in [0.1, 0.15) is 84.5 Å². The molecule has 0 aromatic rings. The van der Waals surface area contributed by atoms with Crippen LogP contribution in [0.2, 0.25) is 0 Å². The minimum Gasteiger partial charge on any atom is -0.412 e. The molecule has 0 atom stereocenters. The average Bonchev–Trinajstić information content (AvgIpc) is 2.46. The molecule has 3 N–H and O–H groups in total. The first-order valence-electron chi connectivity index (χ1n) is 8.27. The van der Waals surface area contributed by atoms with E-state index in [9.17, 15) is 18.0 Å². The summed E-state index contributed by atoms with van der Waals surface area (Å²) in [5, 5.41) is 0. The highest BCUT2D eigenvalue weighted by Crippen LogP contribution is 2.09. The lowest BCUT2D eigenvalue weighted by Gasteiger charge is -2.01. The molecule has 0 aromatic heterocycles. The number of hydrogen-bond acceptors (Lipinski definition) is 4. The number of carbonyl (C=O) groups is 2. The molecule has 0 aliphatic carbocycles. The molecule has 0 fully saturated rings. The maximum atomic E-state index is 11.4. The van der Waals surface area contributed by atoms with E-state index in [1.54, 1.807) is 0 Å².